The van der Waals surface area contributed by atoms with Gasteiger partial charge in [0.2, 0.25) is 0 Å². The normalized spacial score (nSPS) is 17.6. The second-order valence-corrected chi connectivity index (χ2v) is 18.4. The van der Waals surface area contributed by atoms with Crippen molar-refractivity contribution in [2.45, 2.75) is 212 Å². The van der Waals surface area contributed by atoms with Crippen LogP contribution in [0, 0.1) is 5.92 Å². The summed E-state index contributed by atoms with van der Waals surface area (Å²) in [5, 5.41) is 18.4. The van der Waals surface area contributed by atoms with Crippen molar-refractivity contribution in [3.05, 3.63) is 60.8 Å². The van der Waals surface area contributed by atoms with Crippen LogP contribution in [0.1, 0.15) is 188 Å². The first kappa shape index (κ1) is 57.6. The van der Waals surface area contributed by atoms with Gasteiger partial charge in [-0.2, -0.15) is 0 Å². The molecule has 12 heteroatoms. The molecule has 1 fully saturated rings. The quantitative estimate of drug-likeness (QED) is 0.0176. The van der Waals surface area contributed by atoms with E-state index in [1.807, 2.05) is 12.2 Å². The molecule has 11 nitrogen and oxygen atoms in total. The van der Waals surface area contributed by atoms with Gasteiger partial charge in [0.1, 0.15) is 12.7 Å². The lowest BCUT2D eigenvalue weighted by Gasteiger charge is -2.20. The summed E-state index contributed by atoms with van der Waals surface area (Å²) in [5.41, 5.74) is 0. The number of aliphatic hydroxyl groups excluding tert-OH is 2. The number of phosphoric ester groups is 1. The fraction of sp³-hybridized carbons (Fsp3) is 0.760. The van der Waals surface area contributed by atoms with E-state index >= 15 is 0 Å². The smallest absolute Gasteiger partial charge is 0.462 e. The zero-order valence-electron chi connectivity index (χ0n) is 38.9. The number of hydrogen-bond acceptors (Lipinski definition) is 10. The van der Waals surface area contributed by atoms with Crippen LogP contribution < -0.4 is 0 Å². The molecule has 0 radical (unpaired) electrons. The first-order valence-electron chi connectivity index (χ1n) is 24.2. The van der Waals surface area contributed by atoms with Crippen molar-refractivity contribution in [3.8, 4) is 0 Å². The molecule has 0 aliphatic carbocycles. The molecule has 0 bridgehead atoms. The molecule has 0 spiro atoms. The van der Waals surface area contributed by atoms with Crippen LogP contribution >= 0.6 is 7.82 Å². The summed E-state index contributed by atoms with van der Waals surface area (Å²) >= 11 is 0. The van der Waals surface area contributed by atoms with Gasteiger partial charge in [0.25, 0.3) is 0 Å². The number of carbonyl (C=O) groups excluding carboxylic acids is 2. The summed E-state index contributed by atoms with van der Waals surface area (Å²) < 4.78 is 38.4. The third-order valence-electron chi connectivity index (χ3n) is 10.5. The second-order valence-electron chi connectivity index (χ2n) is 17.0. The Balaban J connectivity index is 2.24. The van der Waals surface area contributed by atoms with Crippen LogP contribution in [0.4, 0.5) is 0 Å². The molecule has 0 aromatic heterocycles. The molecule has 1 aliphatic heterocycles. The Kier molecular flexibility index (Phi) is 37.3. The zero-order chi connectivity index (χ0) is 45.4. The Bertz CT molecular complexity index is 1290. The molecule has 1 saturated heterocycles. The van der Waals surface area contributed by atoms with E-state index in [1.165, 1.54) is 83.5 Å². The lowest BCUT2D eigenvalue weighted by molar-refractivity contribution is -0.161. The topological polar surface area (TPSA) is 161 Å². The minimum atomic E-state index is -4.64. The Labute approximate surface area is 376 Å². The summed E-state index contributed by atoms with van der Waals surface area (Å²) in [4.78, 5) is 35.1. The molecule has 62 heavy (non-hydrogen) atoms. The number of esters is 2. The van der Waals surface area contributed by atoms with Gasteiger partial charge in [-0.05, 0) is 57.3 Å². The van der Waals surface area contributed by atoms with Crippen LogP contribution in [-0.4, -0.2) is 77.9 Å². The van der Waals surface area contributed by atoms with Crippen molar-refractivity contribution < 1.29 is 52.5 Å². The van der Waals surface area contributed by atoms with Gasteiger partial charge < -0.3 is 29.3 Å². The molecule has 358 valence electrons. The number of rotatable bonds is 43. The molecule has 0 aromatic carbocycles. The second kappa shape index (κ2) is 40.2. The Morgan fingerprint density at radius 3 is 1.60 bits per heavy atom. The summed E-state index contributed by atoms with van der Waals surface area (Å²) in [5.74, 6) is -0.196. The SMILES string of the molecule is CC/C=C\CC1OC1C/C=C\C/C=C\C/C=C\C/C=C\CCC(=O)OC[C@H](COP(=O)(O)OC[C@@H](O)CO)OC(=O)CCCCCCCCCCCCCCCCCCC(C)C. The highest BCUT2D eigenvalue weighted by atomic mass is 31.2. The number of aliphatic hydroxyl groups is 2. The maximum Gasteiger partial charge on any atom is 0.472 e. The van der Waals surface area contributed by atoms with E-state index in [9.17, 15) is 24.2 Å². The van der Waals surface area contributed by atoms with Gasteiger partial charge in [-0.25, -0.2) is 4.57 Å². The first-order valence-corrected chi connectivity index (χ1v) is 25.7. The number of phosphoric acid groups is 1. The van der Waals surface area contributed by atoms with Crippen molar-refractivity contribution in [1.29, 1.82) is 0 Å². The molecule has 1 heterocycles. The summed E-state index contributed by atoms with van der Waals surface area (Å²) in [6, 6.07) is 0. The fourth-order valence-corrected chi connectivity index (χ4v) is 7.51. The van der Waals surface area contributed by atoms with Crippen molar-refractivity contribution >= 4 is 19.8 Å². The average Bonchev–Trinajstić information content (AvgIpc) is 4.00. The molecular formula is C50H87O11P. The van der Waals surface area contributed by atoms with Gasteiger partial charge in [-0.1, -0.05) is 184 Å². The minimum Gasteiger partial charge on any atom is -0.462 e. The fourth-order valence-electron chi connectivity index (χ4n) is 6.72. The third-order valence-corrected chi connectivity index (χ3v) is 11.5. The van der Waals surface area contributed by atoms with Crippen LogP contribution in [0.15, 0.2) is 60.8 Å². The molecule has 3 N–H and O–H groups in total. The van der Waals surface area contributed by atoms with E-state index in [0.29, 0.717) is 25.0 Å². The van der Waals surface area contributed by atoms with Gasteiger partial charge in [0.15, 0.2) is 6.10 Å². The van der Waals surface area contributed by atoms with Crippen molar-refractivity contribution in [2.24, 2.45) is 5.92 Å². The molecule has 5 atom stereocenters. The first-order chi connectivity index (χ1) is 30.1. The lowest BCUT2D eigenvalue weighted by Crippen LogP contribution is -2.29. The highest BCUT2D eigenvalue weighted by Crippen LogP contribution is 2.43. The monoisotopic (exact) mass is 895 g/mol. The lowest BCUT2D eigenvalue weighted by atomic mass is 10.0. The minimum absolute atomic E-state index is 0.112. The maximum atomic E-state index is 12.7. The number of hydrogen-bond donors (Lipinski definition) is 3. The van der Waals surface area contributed by atoms with Crippen molar-refractivity contribution in [2.75, 3.05) is 26.4 Å². The highest BCUT2D eigenvalue weighted by molar-refractivity contribution is 7.47. The highest BCUT2D eigenvalue weighted by Gasteiger charge is 2.36. The molecule has 1 aliphatic rings. The van der Waals surface area contributed by atoms with Crippen LogP contribution in [-0.2, 0) is 37.4 Å². The Morgan fingerprint density at radius 1 is 0.613 bits per heavy atom. The van der Waals surface area contributed by atoms with Gasteiger partial charge in [-0.15, -0.1) is 0 Å². The van der Waals surface area contributed by atoms with Crippen molar-refractivity contribution in [3.63, 3.8) is 0 Å². The van der Waals surface area contributed by atoms with Gasteiger partial charge >= 0.3 is 19.8 Å². The maximum absolute atomic E-state index is 12.7. The number of carbonyl (C=O) groups is 2. The summed E-state index contributed by atoms with van der Waals surface area (Å²) in [7, 11) is -4.64. The molecule has 0 amide bonds. The predicted octanol–water partition coefficient (Wildman–Crippen LogP) is 12.3. The molecule has 3 unspecified atom stereocenters. The van der Waals surface area contributed by atoms with E-state index < -0.39 is 51.8 Å². The van der Waals surface area contributed by atoms with Gasteiger partial charge in [0.05, 0.1) is 32.0 Å². The molecule has 0 saturated carbocycles. The Hall–Kier alpha value is -2.37. The largest absolute Gasteiger partial charge is 0.472 e. The van der Waals surface area contributed by atoms with Crippen molar-refractivity contribution in [1.82, 2.24) is 0 Å². The van der Waals surface area contributed by atoms with E-state index in [4.69, 9.17) is 28.4 Å². The number of epoxide rings is 1. The molecule has 0 aromatic rings. The molecule has 1 rings (SSSR count). The van der Waals surface area contributed by atoms with Crippen LogP contribution in [0.3, 0.4) is 0 Å². The third kappa shape index (κ3) is 38.1. The van der Waals surface area contributed by atoms with Crippen LogP contribution in [0.5, 0.6) is 0 Å². The average molecular weight is 895 g/mol. The number of ether oxygens (including phenoxy) is 3. The Morgan fingerprint density at radius 2 is 1.08 bits per heavy atom. The summed E-state index contributed by atoms with van der Waals surface area (Å²) in [6.07, 6.45) is 46.7. The van der Waals surface area contributed by atoms with E-state index in [1.54, 1.807) is 0 Å². The zero-order valence-corrected chi connectivity index (χ0v) is 39.8. The number of unbranched alkanes of at least 4 members (excludes halogenated alkanes) is 15. The van der Waals surface area contributed by atoms with E-state index in [-0.39, 0.29) is 19.4 Å². The predicted molar refractivity (Wildman–Crippen MR) is 251 cm³/mol. The summed E-state index contributed by atoms with van der Waals surface area (Å²) in [6.45, 7) is 4.53. The van der Waals surface area contributed by atoms with Crippen LogP contribution in [0.25, 0.3) is 0 Å². The molecular weight excluding hydrogens is 808 g/mol. The van der Waals surface area contributed by atoms with E-state index in [0.717, 1.165) is 63.7 Å². The van der Waals surface area contributed by atoms with Gasteiger partial charge in [-0.3, -0.25) is 18.6 Å². The van der Waals surface area contributed by atoms with E-state index in [2.05, 4.69) is 69.4 Å². The van der Waals surface area contributed by atoms with Crippen LogP contribution in [0.2, 0.25) is 0 Å². The van der Waals surface area contributed by atoms with Gasteiger partial charge in [0, 0.05) is 12.8 Å². The number of allylic oxidation sites excluding steroid dienone is 8. The standard InChI is InChI=1S/C50H87O11P/c1-4-5-30-36-47-48(61-47)37-32-27-23-19-15-12-13-16-20-24-28-33-38-49(53)57-42-46(43-59-62(55,56)58-41-45(52)40-51)60-50(54)39-34-29-25-21-17-11-9-7-6-8-10-14-18-22-26-31-35-44(2)3/h5,13,15-16,19,24,27-28,30,32,44-48,51-52H,4,6-12,14,17-18,20-23,25-26,29,31,33-43H2,1-3H3,(H,55,56)/b16-13-,19-15-,28-24-,30-5-,32-27-/t45-,46+,47?,48?/m0/s1.